The Morgan fingerprint density at radius 1 is 0.955 bits per heavy atom. The molecule has 0 aliphatic carbocycles. The molecule has 3 N–H and O–H groups in total. The Bertz CT molecular complexity index is 646. The van der Waals surface area contributed by atoms with E-state index in [9.17, 15) is 5.11 Å². The van der Waals surface area contributed by atoms with Crippen molar-refractivity contribution >= 4 is 11.4 Å². The number of hydrogen-bond acceptors (Lipinski definition) is 5. The van der Waals surface area contributed by atoms with E-state index < -0.39 is 6.10 Å². The molecule has 114 valence electrons. The molecule has 22 heavy (non-hydrogen) atoms. The number of aliphatic hydroxyl groups excluding tert-OH is 1. The van der Waals surface area contributed by atoms with Crippen molar-refractivity contribution in [1.82, 2.24) is 0 Å². The van der Waals surface area contributed by atoms with E-state index in [2.05, 4.69) is 4.90 Å². The molecule has 2 aliphatic heterocycles. The van der Waals surface area contributed by atoms with E-state index >= 15 is 0 Å². The molecule has 0 saturated carbocycles. The lowest BCUT2D eigenvalue weighted by molar-refractivity contribution is -0.0195. The van der Waals surface area contributed by atoms with Gasteiger partial charge >= 0.3 is 0 Å². The van der Waals surface area contributed by atoms with Crippen LogP contribution in [0.25, 0.3) is 0 Å². The molecule has 0 bridgehead atoms. The van der Waals surface area contributed by atoms with Gasteiger partial charge in [0.05, 0.1) is 42.8 Å². The average molecular weight is 298 g/mol. The third kappa shape index (κ3) is 2.06. The van der Waals surface area contributed by atoms with Gasteiger partial charge in [-0.2, -0.15) is 0 Å². The number of aliphatic hydroxyl groups is 1. The Hall–Kier alpha value is -2.08. The lowest BCUT2D eigenvalue weighted by atomic mass is 9.98. The highest BCUT2D eigenvalue weighted by Gasteiger charge is 2.38. The van der Waals surface area contributed by atoms with Gasteiger partial charge in [0.15, 0.2) is 11.5 Å². The molecule has 5 heteroatoms. The SMILES string of the molecule is N[C@@H]1COC[C@H](N2c3ccccc3Oc3ccccc32)[C@H]1O. The number of hydrogen-bond donors (Lipinski definition) is 2. The van der Waals surface area contributed by atoms with Crippen LogP contribution in [0, 0.1) is 0 Å². The van der Waals surface area contributed by atoms with Crippen LogP contribution in [-0.2, 0) is 4.74 Å². The first kappa shape index (κ1) is 13.6. The smallest absolute Gasteiger partial charge is 0.151 e. The summed E-state index contributed by atoms with van der Waals surface area (Å²) in [6.45, 7) is 0.808. The summed E-state index contributed by atoms with van der Waals surface area (Å²) in [5.74, 6) is 1.54. The van der Waals surface area contributed by atoms with Gasteiger partial charge in [0.2, 0.25) is 0 Å². The van der Waals surface area contributed by atoms with E-state index in [1.54, 1.807) is 0 Å². The van der Waals surface area contributed by atoms with Gasteiger partial charge in [0.1, 0.15) is 0 Å². The molecule has 2 heterocycles. The highest BCUT2D eigenvalue weighted by molar-refractivity contribution is 5.78. The minimum Gasteiger partial charge on any atom is -0.453 e. The Balaban J connectivity index is 1.84. The second-order valence-corrected chi connectivity index (χ2v) is 5.67. The highest BCUT2D eigenvalue weighted by atomic mass is 16.5. The Morgan fingerprint density at radius 2 is 1.55 bits per heavy atom. The van der Waals surface area contributed by atoms with Crippen LogP contribution in [0.2, 0.25) is 0 Å². The highest BCUT2D eigenvalue weighted by Crippen LogP contribution is 2.48. The van der Waals surface area contributed by atoms with Crippen LogP contribution >= 0.6 is 0 Å². The fraction of sp³-hybridized carbons (Fsp3) is 0.294. The second kappa shape index (κ2) is 5.28. The maximum Gasteiger partial charge on any atom is 0.151 e. The summed E-state index contributed by atoms with van der Waals surface area (Å²) in [5.41, 5.74) is 7.82. The molecule has 4 rings (SSSR count). The maximum absolute atomic E-state index is 10.6. The second-order valence-electron chi connectivity index (χ2n) is 5.67. The summed E-state index contributed by atoms with van der Waals surface area (Å²) < 4.78 is 11.5. The fourth-order valence-corrected chi connectivity index (χ4v) is 3.13. The first-order valence-corrected chi connectivity index (χ1v) is 7.42. The number of rotatable bonds is 1. The van der Waals surface area contributed by atoms with Gasteiger partial charge < -0.3 is 25.2 Å². The number of para-hydroxylation sites is 4. The predicted octanol–water partition coefficient (Wildman–Crippen LogP) is 2.02. The minimum absolute atomic E-state index is 0.241. The molecule has 0 radical (unpaired) electrons. The van der Waals surface area contributed by atoms with E-state index in [1.165, 1.54) is 0 Å². The molecule has 1 saturated heterocycles. The number of benzene rings is 2. The van der Waals surface area contributed by atoms with Crippen molar-refractivity contribution in [3.8, 4) is 11.5 Å². The molecule has 5 nitrogen and oxygen atoms in total. The zero-order chi connectivity index (χ0) is 15.1. The quantitative estimate of drug-likeness (QED) is 0.843. The van der Waals surface area contributed by atoms with Crippen LogP contribution in [0.3, 0.4) is 0 Å². The van der Waals surface area contributed by atoms with Crippen LogP contribution in [0.15, 0.2) is 48.5 Å². The molecule has 2 aromatic carbocycles. The number of nitrogens with two attached hydrogens (primary N) is 1. The van der Waals surface area contributed by atoms with Gasteiger partial charge in [-0.3, -0.25) is 0 Å². The lowest BCUT2D eigenvalue weighted by Crippen LogP contribution is -2.58. The van der Waals surface area contributed by atoms with Crippen molar-refractivity contribution < 1.29 is 14.6 Å². The molecule has 3 atom stereocenters. The minimum atomic E-state index is -0.659. The van der Waals surface area contributed by atoms with Crippen LogP contribution in [0.4, 0.5) is 11.4 Å². The van der Waals surface area contributed by atoms with Crippen molar-refractivity contribution in [3.05, 3.63) is 48.5 Å². The van der Waals surface area contributed by atoms with Crippen molar-refractivity contribution in [3.63, 3.8) is 0 Å². The van der Waals surface area contributed by atoms with Crippen LogP contribution < -0.4 is 15.4 Å². The van der Waals surface area contributed by atoms with Gasteiger partial charge in [0.25, 0.3) is 0 Å². The standard InChI is InChI=1S/C17H18N2O3/c18-11-9-21-10-14(17(11)20)19-12-5-1-3-7-15(12)22-16-8-4-2-6-13(16)19/h1-8,11,14,17,20H,9-10,18H2/t11-,14+,17+/m1/s1. The number of fused-ring (bicyclic) bond motifs is 2. The maximum atomic E-state index is 10.6. The molecule has 0 aromatic heterocycles. The van der Waals surface area contributed by atoms with E-state index in [0.717, 1.165) is 22.9 Å². The number of nitrogens with zero attached hydrogens (tertiary/aromatic N) is 1. The summed E-state index contributed by atoms with van der Waals surface area (Å²) in [7, 11) is 0. The zero-order valence-corrected chi connectivity index (χ0v) is 12.1. The molecule has 2 aliphatic rings. The Kier molecular flexibility index (Phi) is 3.26. The Labute approximate surface area is 128 Å². The van der Waals surface area contributed by atoms with Crippen molar-refractivity contribution in [1.29, 1.82) is 0 Å². The van der Waals surface area contributed by atoms with E-state index in [-0.39, 0.29) is 12.1 Å². The normalized spacial score (nSPS) is 26.8. The van der Waals surface area contributed by atoms with Gasteiger partial charge in [-0.1, -0.05) is 24.3 Å². The van der Waals surface area contributed by atoms with E-state index in [1.807, 2.05) is 48.5 Å². The first-order chi connectivity index (χ1) is 10.8. The van der Waals surface area contributed by atoms with Gasteiger partial charge in [0, 0.05) is 0 Å². The molecule has 0 unspecified atom stereocenters. The number of ether oxygens (including phenoxy) is 2. The summed E-state index contributed by atoms with van der Waals surface area (Å²) in [5, 5.41) is 10.6. The van der Waals surface area contributed by atoms with Crippen molar-refractivity contribution in [2.24, 2.45) is 5.73 Å². The topological polar surface area (TPSA) is 68.0 Å². The summed E-state index contributed by atoms with van der Waals surface area (Å²) in [6, 6.07) is 15.0. The Morgan fingerprint density at radius 3 is 2.18 bits per heavy atom. The average Bonchev–Trinajstić information content (AvgIpc) is 2.55. The van der Waals surface area contributed by atoms with Gasteiger partial charge in [-0.25, -0.2) is 0 Å². The van der Waals surface area contributed by atoms with Gasteiger partial charge in [-0.15, -0.1) is 0 Å². The van der Waals surface area contributed by atoms with Crippen LogP contribution in [0.1, 0.15) is 0 Å². The fourth-order valence-electron chi connectivity index (χ4n) is 3.13. The van der Waals surface area contributed by atoms with E-state index in [4.69, 9.17) is 15.2 Å². The largest absolute Gasteiger partial charge is 0.453 e. The lowest BCUT2D eigenvalue weighted by Gasteiger charge is -2.43. The van der Waals surface area contributed by atoms with Crippen molar-refractivity contribution in [2.75, 3.05) is 18.1 Å². The van der Waals surface area contributed by atoms with E-state index in [0.29, 0.717) is 13.2 Å². The molecular weight excluding hydrogens is 280 g/mol. The van der Waals surface area contributed by atoms with Crippen LogP contribution in [-0.4, -0.2) is 36.5 Å². The molecule has 0 spiro atoms. The third-order valence-electron chi connectivity index (χ3n) is 4.23. The molecule has 1 fully saturated rings. The molecular formula is C17H18N2O3. The number of anilines is 2. The van der Waals surface area contributed by atoms with Crippen molar-refractivity contribution in [2.45, 2.75) is 18.2 Å². The molecule has 2 aromatic rings. The monoisotopic (exact) mass is 298 g/mol. The van der Waals surface area contributed by atoms with Gasteiger partial charge in [-0.05, 0) is 24.3 Å². The third-order valence-corrected chi connectivity index (χ3v) is 4.23. The molecule has 0 amide bonds. The van der Waals surface area contributed by atoms with Crippen LogP contribution in [0.5, 0.6) is 11.5 Å². The zero-order valence-electron chi connectivity index (χ0n) is 12.1. The first-order valence-electron chi connectivity index (χ1n) is 7.42. The predicted molar refractivity (Wildman–Crippen MR) is 83.7 cm³/mol. The summed E-state index contributed by atoms with van der Waals surface area (Å²) in [6.07, 6.45) is -0.659. The summed E-state index contributed by atoms with van der Waals surface area (Å²) in [4.78, 5) is 2.08. The summed E-state index contributed by atoms with van der Waals surface area (Å²) >= 11 is 0.